The van der Waals surface area contributed by atoms with Crippen LogP contribution in [0.3, 0.4) is 0 Å². The summed E-state index contributed by atoms with van der Waals surface area (Å²) in [5.74, 6) is 1.15. The molecule has 1 aliphatic rings. The molecule has 0 saturated carbocycles. The normalized spacial score (nSPS) is 21.5. The molecule has 1 fully saturated rings. The summed E-state index contributed by atoms with van der Waals surface area (Å²) in [6.45, 7) is 2.11. The number of nitrogens with one attached hydrogen (secondary N) is 1. The van der Waals surface area contributed by atoms with Crippen molar-refractivity contribution in [2.45, 2.75) is 18.8 Å². The molecule has 1 aliphatic heterocycles. The molecule has 2 rings (SSSR count). The van der Waals surface area contributed by atoms with E-state index in [9.17, 15) is 0 Å². The second-order valence-electron chi connectivity index (χ2n) is 4.27. The summed E-state index contributed by atoms with van der Waals surface area (Å²) in [4.78, 5) is 4.18. The highest BCUT2D eigenvalue weighted by atomic mass is 35.5. The number of halogens is 1. The van der Waals surface area contributed by atoms with Crippen LogP contribution in [0.4, 0.5) is 0 Å². The van der Waals surface area contributed by atoms with Crippen molar-refractivity contribution < 1.29 is 4.74 Å². The molecule has 1 N–H and O–H groups in total. The van der Waals surface area contributed by atoms with E-state index in [1.807, 2.05) is 19.3 Å². The Morgan fingerprint density at radius 1 is 1.59 bits per heavy atom. The van der Waals surface area contributed by atoms with E-state index in [4.69, 9.17) is 16.3 Å². The van der Waals surface area contributed by atoms with Gasteiger partial charge in [0.15, 0.2) is 10.9 Å². The van der Waals surface area contributed by atoms with Crippen molar-refractivity contribution in [3.8, 4) is 5.75 Å². The van der Waals surface area contributed by atoms with E-state index in [2.05, 4.69) is 15.4 Å². The van der Waals surface area contributed by atoms with E-state index < -0.39 is 0 Å². The molecule has 0 radical (unpaired) electrons. The van der Waals surface area contributed by atoms with Gasteiger partial charge in [0.05, 0.1) is 7.11 Å². The number of methoxy groups -OCH3 is 1. The van der Waals surface area contributed by atoms with Crippen LogP contribution in [-0.4, -0.2) is 37.2 Å². The number of nitrogens with zero attached hydrogens (tertiary/aromatic N) is 2. The van der Waals surface area contributed by atoms with Crippen LogP contribution in [0.15, 0.2) is 12.3 Å². The summed E-state index contributed by atoms with van der Waals surface area (Å²) in [6, 6.07) is 2.00. The molecule has 1 saturated heterocycles. The highest BCUT2D eigenvalue weighted by Gasteiger charge is 2.21. The van der Waals surface area contributed by atoms with Crippen LogP contribution in [-0.2, 0) is 0 Å². The number of ether oxygens (including phenoxy) is 1. The molecule has 94 valence electrons. The maximum absolute atomic E-state index is 5.93. The van der Waals surface area contributed by atoms with E-state index in [1.165, 1.54) is 18.4 Å². The van der Waals surface area contributed by atoms with Gasteiger partial charge in [0.1, 0.15) is 0 Å². The minimum Gasteiger partial charge on any atom is -0.494 e. The number of hydrazine groups is 1. The van der Waals surface area contributed by atoms with E-state index in [0.29, 0.717) is 16.8 Å². The second kappa shape index (κ2) is 5.67. The number of aromatic nitrogens is 1. The number of pyridine rings is 1. The van der Waals surface area contributed by atoms with Crippen molar-refractivity contribution in [1.82, 2.24) is 15.4 Å². The summed E-state index contributed by atoms with van der Waals surface area (Å²) in [5.41, 5.74) is 4.40. The van der Waals surface area contributed by atoms with Crippen LogP contribution in [0.1, 0.15) is 24.3 Å². The Bertz CT molecular complexity index is 386. The SMILES string of the molecule is CNN1CCC[C@H](c2cnc(Cl)c(OC)c2)C1. The Balaban J connectivity index is 2.16. The lowest BCUT2D eigenvalue weighted by Gasteiger charge is -2.32. The quantitative estimate of drug-likeness (QED) is 0.839. The molecule has 1 aromatic heterocycles. The summed E-state index contributed by atoms with van der Waals surface area (Å²) >= 11 is 5.93. The van der Waals surface area contributed by atoms with Crippen LogP contribution in [0.25, 0.3) is 0 Å². The number of hydrogen-bond acceptors (Lipinski definition) is 4. The lowest BCUT2D eigenvalue weighted by atomic mass is 9.92. The summed E-state index contributed by atoms with van der Waals surface area (Å²) in [5, 5.41) is 2.66. The minimum atomic E-state index is 0.428. The third-order valence-electron chi connectivity index (χ3n) is 3.26. The molecule has 0 bridgehead atoms. The van der Waals surface area contributed by atoms with Gasteiger partial charge in [0.25, 0.3) is 0 Å². The van der Waals surface area contributed by atoms with Crippen molar-refractivity contribution in [3.05, 3.63) is 23.0 Å². The maximum atomic E-state index is 5.93. The fourth-order valence-electron chi connectivity index (χ4n) is 2.26. The van der Waals surface area contributed by atoms with Gasteiger partial charge < -0.3 is 4.74 Å². The first-order valence-corrected chi connectivity index (χ1v) is 6.24. The smallest absolute Gasteiger partial charge is 0.171 e. The van der Waals surface area contributed by atoms with Crippen LogP contribution in [0.5, 0.6) is 5.75 Å². The van der Waals surface area contributed by atoms with Crippen LogP contribution < -0.4 is 10.2 Å². The number of piperidine rings is 1. The topological polar surface area (TPSA) is 37.4 Å². The van der Waals surface area contributed by atoms with Crippen LogP contribution in [0, 0.1) is 0 Å². The van der Waals surface area contributed by atoms with E-state index in [0.717, 1.165) is 13.1 Å². The Labute approximate surface area is 107 Å². The molecule has 5 heteroatoms. The number of rotatable bonds is 3. The molecular formula is C12H18ClN3O. The highest BCUT2D eigenvalue weighted by Crippen LogP contribution is 2.30. The molecular weight excluding hydrogens is 238 g/mol. The fraction of sp³-hybridized carbons (Fsp3) is 0.583. The van der Waals surface area contributed by atoms with Gasteiger partial charge in [-0.25, -0.2) is 9.99 Å². The summed E-state index contributed by atoms with van der Waals surface area (Å²) < 4.78 is 5.21. The molecule has 0 amide bonds. The largest absolute Gasteiger partial charge is 0.494 e. The van der Waals surface area contributed by atoms with Gasteiger partial charge in [-0.2, -0.15) is 0 Å². The lowest BCUT2D eigenvalue weighted by molar-refractivity contribution is 0.154. The summed E-state index contributed by atoms with van der Waals surface area (Å²) in [7, 11) is 3.58. The molecule has 2 heterocycles. The number of hydrogen-bond donors (Lipinski definition) is 1. The van der Waals surface area contributed by atoms with Gasteiger partial charge in [0, 0.05) is 19.3 Å². The zero-order valence-corrected chi connectivity index (χ0v) is 11.0. The minimum absolute atomic E-state index is 0.428. The van der Waals surface area contributed by atoms with Gasteiger partial charge in [0.2, 0.25) is 0 Å². The zero-order chi connectivity index (χ0) is 12.3. The van der Waals surface area contributed by atoms with E-state index in [1.54, 1.807) is 7.11 Å². The van der Waals surface area contributed by atoms with Gasteiger partial charge in [-0.3, -0.25) is 5.43 Å². The fourth-order valence-corrected chi connectivity index (χ4v) is 2.44. The first-order chi connectivity index (χ1) is 8.24. The Hall–Kier alpha value is -0.840. The van der Waals surface area contributed by atoms with E-state index in [-0.39, 0.29) is 0 Å². The Morgan fingerprint density at radius 2 is 2.41 bits per heavy atom. The Kier molecular flexibility index (Phi) is 4.20. The molecule has 0 aromatic carbocycles. The van der Waals surface area contributed by atoms with Crippen molar-refractivity contribution in [2.24, 2.45) is 0 Å². The first-order valence-electron chi connectivity index (χ1n) is 5.86. The van der Waals surface area contributed by atoms with Crippen molar-refractivity contribution in [1.29, 1.82) is 0 Å². The first kappa shape index (κ1) is 12.6. The van der Waals surface area contributed by atoms with Gasteiger partial charge >= 0.3 is 0 Å². The van der Waals surface area contributed by atoms with E-state index >= 15 is 0 Å². The van der Waals surface area contributed by atoms with Crippen molar-refractivity contribution >= 4 is 11.6 Å². The molecule has 4 nitrogen and oxygen atoms in total. The van der Waals surface area contributed by atoms with Crippen molar-refractivity contribution in [2.75, 3.05) is 27.2 Å². The maximum Gasteiger partial charge on any atom is 0.171 e. The third-order valence-corrected chi connectivity index (χ3v) is 3.54. The standard InChI is InChI=1S/C12H18ClN3O/c1-14-16-5-3-4-9(8-16)10-6-11(17-2)12(13)15-7-10/h6-7,9,14H,3-5,8H2,1-2H3/t9-/m0/s1. The monoisotopic (exact) mass is 255 g/mol. The molecule has 1 atom stereocenters. The molecule has 1 aromatic rings. The van der Waals surface area contributed by atoms with Gasteiger partial charge in [-0.15, -0.1) is 0 Å². The van der Waals surface area contributed by atoms with Crippen LogP contribution >= 0.6 is 11.6 Å². The predicted octanol–water partition coefficient (Wildman–Crippen LogP) is 2.06. The average molecular weight is 256 g/mol. The summed E-state index contributed by atoms with van der Waals surface area (Å²) in [6.07, 6.45) is 4.23. The van der Waals surface area contributed by atoms with Gasteiger partial charge in [-0.05, 0) is 37.4 Å². The Morgan fingerprint density at radius 3 is 3.12 bits per heavy atom. The third kappa shape index (κ3) is 2.89. The molecule has 0 spiro atoms. The van der Waals surface area contributed by atoms with Crippen LogP contribution in [0.2, 0.25) is 5.15 Å². The average Bonchev–Trinajstić information content (AvgIpc) is 2.39. The molecule has 17 heavy (non-hydrogen) atoms. The predicted molar refractivity (Wildman–Crippen MR) is 68.4 cm³/mol. The molecule has 0 unspecified atom stereocenters. The molecule has 0 aliphatic carbocycles. The highest BCUT2D eigenvalue weighted by molar-refractivity contribution is 6.30. The zero-order valence-electron chi connectivity index (χ0n) is 10.2. The lowest BCUT2D eigenvalue weighted by Crippen LogP contribution is -2.42. The van der Waals surface area contributed by atoms with Gasteiger partial charge in [-0.1, -0.05) is 11.6 Å². The second-order valence-corrected chi connectivity index (χ2v) is 4.63. The van der Waals surface area contributed by atoms with Crippen molar-refractivity contribution in [3.63, 3.8) is 0 Å².